The summed E-state index contributed by atoms with van der Waals surface area (Å²) in [7, 11) is 0. The van der Waals surface area contributed by atoms with Crippen molar-refractivity contribution in [2.45, 2.75) is 25.6 Å². The lowest BCUT2D eigenvalue weighted by atomic mass is 9.79. The largest absolute Gasteiger partial charge is 0.465 e. The number of ether oxygens (including phenoxy) is 1. The molecule has 0 amide bonds. The van der Waals surface area contributed by atoms with E-state index in [1.54, 1.807) is 10.6 Å². The molecular formula is C26H19BrN2O4S. The molecule has 170 valence electrons. The molecule has 6 nitrogen and oxygen atoms in total. The summed E-state index contributed by atoms with van der Waals surface area (Å²) in [4.78, 5) is 31.6. The molecule has 0 fully saturated rings. The van der Waals surface area contributed by atoms with Crippen molar-refractivity contribution in [1.29, 1.82) is 0 Å². The van der Waals surface area contributed by atoms with Gasteiger partial charge in [0.1, 0.15) is 29.0 Å². The Hall–Kier alpha value is -3.23. The Kier molecular flexibility index (Phi) is 4.79. The zero-order valence-corrected chi connectivity index (χ0v) is 20.7. The molecule has 0 saturated carbocycles. The van der Waals surface area contributed by atoms with Gasteiger partial charge >= 0.3 is 0 Å². The zero-order valence-electron chi connectivity index (χ0n) is 18.3. The van der Waals surface area contributed by atoms with Crippen LogP contribution < -0.4 is 19.6 Å². The molecule has 4 heterocycles. The maximum atomic E-state index is 13.6. The normalized spacial score (nSPS) is 23.0. The van der Waals surface area contributed by atoms with Crippen molar-refractivity contribution in [2.24, 2.45) is 10.9 Å². The van der Waals surface area contributed by atoms with Gasteiger partial charge in [-0.15, -0.1) is 0 Å². The van der Waals surface area contributed by atoms with Crippen molar-refractivity contribution in [2.75, 3.05) is 0 Å². The molecule has 2 aromatic heterocycles. The Morgan fingerprint density at radius 1 is 1.15 bits per heavy atom. The van der Waals surface area contributed by atoms with E-state index in [1.165, 1.54) is 18.3 Å². The second kappa shape index (κ2) is 7.65. The zero-order chi connectivity index (χ0) is 23.6. The number of Topliss-reactive ketones (excluding diaryl/α,β-unsaturated/α-hetero) is 1. The maximum absolute atomic E-state index is 13.6. The van der Waals surface area contributed by atoms with Crippen molar-refractivity contribution in [3.63, 3.8) is 0 Å². The first-order valence-electron chi connectivity index (χ1n) is 10.8. The number of furan rings is 1. The second-order valence-corrected chi connectivity index (χ2v) is 10.5. The van der Waals surface area contributed by atoms with Gasteiger partial charge in [0, 0.05) is 21.7 Å². The van der Waals surface area contributed by atoms with E-state index in [-0.39, 0.29) is 11.3 Å². The highest BCUT2D eigenvalue weighted by atomic mass is 79.9. The number of para-hydroxylation sites is 1. The Morgan fingerprint density at radius 3 is 2.68 bits per heavy atom. The minimum atomic E-state index is -1.07. The van der Waals surface area contributed by atoms with Crippen LogP contribution in [0.2, 0.25) is 0 Å². The summed E-state index contributed by atoms with van der Waals surface area (Å²) >= 11 is 4.72. The lowest BCUT2D eigenvalue weighted by molar-refractivity contribution is -0.132. The van der Waals surface area contributed by atoms with Gasteiger partial charge in [-0.2, -0.15) is 0 Å². The van der Waals surface area contributed by atoms with E-state index in [2.05, 4.69) is 15.9 Å². The van der Waals surface area contributed by atoms with Crippen LogP contribution >= 0.6 is 27.3 Å². The van der Waals surface area contributed by atoms with E-state index in [0.29, 0.717) is 26.6 Å². The number of fused-ring (bicyclic) bond motifs is 6. The summed E-state index contributed by atoms with van der Waals surface area (Å²) in [6.07, 6.45) is 1.73. The molecule has 0 saturated heterocycles. The second-order valence-electron chi connectivity index (χ2n) is 8.62. The third-order valence-corrected chi connectivity index (χ3v) is 7.86. The van der Waals surface area contributed by atoms with E-state index in [1.807, 2.05) is 67.6 Å². The quantitative estimate of drug-likeness (QED) is 0.392. The summed E-state index contributed by atoms with van der Waals surface area (Å²) in [5.41, 5.74) is 0.497. The third kappa shape index (κ3) is 3.24. The summed E-state index contributed by atoms with van der Waals surface area (Å²) in [6, 6.07) is 18.6. The molecule has 2 bridgehead atoms. The first-order valence-corrected chi connectivity index (χ1v) is 12.4. The smallest absolute Gasteiger partial charge is 0.271 e. The van der Waals surface area contributed by atoms with Crippen molar-refractivity contribution >= 4 is 39.1 Å². The van der Waals surface area contributed by atoms with Crippen LogP contribution in [0.1, 0.15) is 31.2 Å². The minimum absolute atomic E-state index is 0.0646. The van der Waals surface area contributed by atoms with Gasteiger partial charge in [-0.3, -0.25) is 14.2 Å². The molecular weight excluding hydrogens is 516 g/mol. The van der Waals surface area contributed by atoms with E-state index in [4.69, 9.17) is 14.1 Å². The van der Waals surface area contributed by atoms with Crippen molar-refractivity contribution < 1.29 is 13.9 Å². The van der Waals surface area contributed by atoms with Crippen LogP contribution in [0.3, 0.4) is 0 Å². The van der Waals surface area contributed by atoms with Crippen LogP contribution in [0, 0.1) is 5.92 Å². The van der Waals surface area contributed by atoms with Gasteiger partial charge in [0.2, 0.25) is 5.72 Å². The number of hydrogen-bond donors (Lipinski definition) is 0. The average Bonchev–Trinajstić information content (AvgIpc) is 3.37. The number of carbonyl (C=O) groups excluding carboxylic acids is 1. The molecule has 6 rings (SSSR count). The van der Waals surface area contributed by atoms with Gasteiger partial charge in [-0.25, -0.2) is 4.99 Å². The number of halogens is 1. The van der Waals surface area contributed by atoms with E-state index in [0.717, 1.165) is 15.6 Å². The van der Waals surface area contributed by atoms with Crippen LogP contribution in [0.25, 0.3) is 17.4 Å². The fourth-order valence-corrected chi connectivity index (χ4v) is 6.23. The number of hydrogen-bond acceptors (Lipinski definition) is 6. The molecule has 0 aliphatic carbocycles. The number of carbonyl (C=O) groups is 1. The molecule has 8 heteroatoms. The summed E-state index contributed by atoms with van der Waals surface area (Å²) in [6.45, 7) is 3.35. The van der Waals surface area contributed by atoms with Crippen LogP contribution in [0.4, 0.5) is 0 Å². The fourth-order valence-electron chi connectivity index (χ4n) is 4.89. The van der Waals surface area contributed by atoms with Crippen LogP contribution in [0.15, 0.2) is 79.3 Å². The highest BCUT2D eigenvalue weighted by molar-refractivity contribution is 9.10. The highest BCUT2D eigenvalue weighted by Gasteiger charge is 2.53. The number of aromatic nitrogens is 1. The monoisotopic (exact) mass is 534 g/mol. The number of ketones is 1. The van der Waals surface area contributed by atoms with Gasteiger partial charge in [0.25, 0.3) is 5.56 Å². The van der Waals surface area contributed by atoms with Gasteiger partial charge in [-0.1, -0.05) is 57.6 Å². The molecule has 2 aliphatic rings. The molecule has 3 atom stereocenters. The molecule has 34 heavy (non-hydrogen) atoms. The molecule has 0 spiro atoms. The number of rotatable bonds is 3. The standard InChI is InChI=1S/C26H19BrN2O4S/c1-14(30)22-23-18-5-3-4-6-20(18)33-26(22,2)28-25-29(23)24(31)21(34-25)13-17-11-12-19(32-17)15-7-9-16(27)10-8-15/h3-13,22-23H,1-2H3/b21-13+/t22-,23-,26-/m0/s1. The summed E-state index contributed by atoms with van der Waals surface area (Å²) in [5, 5.41) is 0. The molecule has 4 aromatic rings. The fraction of sp³-hybridized carbons (Fsp3) is 0.192. The van der Waals surface area contributed by atoms with Crippen molar-refractivity contribution in [3.8, 4) is 17.1 Å². The Bertz CT molecular complexity index is 1630. The van der Waals surface area contributed by atoms with E-state index in [9.17, 15) is 9.59 Å². The Morgan fingerprint density at radius 2 is 1.91 bits per heavy atom. The van der Waals surface area contributed by atoms with Crippen molar-refractivity contribution in [3.05, 3.63) is 96.1 Å². The molecule has 0 unspecified atom stereocenters. The van der Waals surface area contributed by atoms with Crippen LogP contribution in [-0.4, -0.2) is 16.1 Å². The van der Waals surface area contributed by atoms with E-state index < -0.39 is 17.7 Å². The number of benzene rings is 2. The van der Waals surface area contributed by atoms with Gasteiger partial charge in [-0.05, 0) is 44.2 Å². The van der Waals surface area contributed by atoms with Gasteiger partial charge in [0.05, 0.1) is 10.6 Å². The van der Waals surface area contributed by atoms with Crippen LogP contribution in [0.5, 0.6) is 5.75 Å². The van der Waals surface area contributed by atoms with Crippen LogP contribution in [-0.2, 0) is 4.79 Å². The van der Waals surface area contributed by atoms with Gasteiger partial charge < -0.3 is 9.15 Å². The Labute approximate surface area is 207 Å². The summed E-state index contributed by atoms with van der Waals surface area (Å²) < 4.78 is 15.3. The average molecular weight is 535 g/mol. The third-order valence-electron chi connectivity index (χ3n) is 6.35. The highest BCUT2D eigenvalue weighted by Crippen LogP contribution is 2.47. The predicted octanol–water partition coefficient (Wildman–Crippen LogP) is 4.30. The van der Waals surface area contributed by atoms with E-state index >= 15 is 0 Å². The first-order chi connectivity index (χ1) is 16.3. The maximum Gasteiger partial charge on any atom is 0.271 e. The SMILES string of the molecule is CC(=O)[C@H]1[C@@H]2c3ccccc3O[C@]1(C)N=c1s/c(=C/c3ccc(-c4ccc(Br)cc4)o3)c(=O)n12. The lowest BCUT2D eigenvalue weighted by Crippen LogP contribution is -2.58. The minimum Gasteiger partial charge on any atom is -0.465 e. The molecule has 0 N–H and O–H groups in total. The Balaban J connectivity index is 1.51. The molecule has 0 radical (unpaired) electrons. The summed E-state index contributed by atoms with van der Waals surface area (Å²) in [5.74, 6) is 1.28. The topological polar surface area (TPSA) is 73.8 Å². The first kappa shape index (κ1) is 21.3. The lowest BCUT2D eigenvalue weighted by Gasteiger charge is -2.45. The predicted molar refractivity (Wildman–Crippen MR) is 133 cm³/mol. The van der Waals surface area contributed by atoms with Gasteiger partial charge in [0.15, 0.2) is 4.80 Å². The molecule has 2 aromatic carbocycles. The van der Waals surface area contributed by atoms with Crippen molar-refractivity contribution in [1.82, 2.24) is 4.57 Å². The number of thiazole rings is 1. The number of nitrogens with zero attached hydrogens (tertiary/aromatic N) is 2. The molecule has 2 aliphatic heterocycles.